The van der Waals surface area contributed by atoms with Crippen LogP contribution in [0.5, 0.6) is 0 Å². The van der Waals surface area contributed by atoms with Gasteiger partial charge in [-0.05, 0) is 32.6 Å². The fraction of sp³-hybridized carbons (Fsp3) is 0.500. The van der Waals surface area contributed by atoms with Gasteiger partial charge in [-0.3, -0.25) is 0 Å². The summed E-state index contributed by atoms with van der Waals surface area (Å²) in [6.45, 7) is 6.17. The van der Waals surface area contributed by atoms with Crippen molar-refractivity contribution in [3.05, 3.63) is 35.4 Å². The molecule has 14 heavy (non-hydrogen) atoms. The van der Waals surface area contributed by atoms with E-state index in [4.69, 9.17) is 0 Å². The molecule has 0 fully saturated rings. The van der Waals surface area contributed by atoms with Crippen LogP contribution in [0, 0.1) is 6.92 Å². The summed E-state index contributed by atoms with van der Waals surface area (Å²) >= 11 is 1.68. The molecule has 0 aliphatic heterocycles. The number of aliphatic hydroxyl groups excluding tert-OH is 1. The van der Waals surface area contributed by atoms with Gasteiger partial charge in [0.05, 0.1) is 6.10 Å². The van der Waals surface area contributed by atoms with Crippen LogP contribution in [0.15, 0.2) is 24.3 Å². The van der Waals surface area contributed by atoms with Gasteiger partial charge in [0.2, 0.25) is 0 Å². The summed E-state index contributed by atoms with van der Waals surface area (Å²) in [7, 11) is 0. The number of benzene rings is 1. The van der Waals surface area contributed by atoms with E-state index in [0.717, 1.165) is 5.56 Å². The normalized spacial score (nSPS) is 14.1. The minimum atomic E-state index is -0.405. The molecular weight excluding hydrogens is 192 g/mol. The molecule has 0 bridgehead atoms. The van der Waals surface area contributed by atoms with Crippen molar-refractivity contribution >= 4 is 11.8 Å². The van der Waals surface area contributed by atoms with Crippen molar-refractivity contribution in [1.82, 2.24) is 0 Å². The van der Waals surface area contributed by atoms with Crippen LogP contribution in [0.4, 0.5) is 0 Å². The molecule has 1 N–H and O–H groups in total. The SMILES string of the molecule is CSC(C)(C)C(O)c1ccc(C)cc1. The first-order valence-electron chi connectivity index (χ1n) is 4.77. The number of hydrogen-bond donors (Lipinski definition) is 1. The lowest BCUT2D eigenvalue weighted by Crippen LogP contribution is -2.24. The molecule has 0 saturated carbocycles. The molecule has 2 heteroatoms. The summed E-state index contributed by atoms with van der Waals surface area (Å²) in [4.78, 5) is 0. The molecule has 0 spiro atoms. The maximum absolute atomic E-state index is 10.1. The summed E-state index contributed by atoms with van der Waals surface area (Å²) in [5.41, 5.74) is 2.22. The molecule has 0 aromatic heterocycles. The lowest BCUT2D eigenvalue weighted by Gasteiger charge is -2.28. The van der Waals surface area contributed by atoms with E-state index in [-0.39, 0.29) is 4.75 Å². The van der Waals surface area contributed by atoms with Crippen LogP contribution >= 0.6 is 11.8 Å². The van der Waals surface area contributed by atoms with E-state index in [9.17, 15) is 5.11 Å². The lowest BCUT2D eigenvalue weighted by atomic mass is 9.97. The fourth-order valence-electron chi connectivity index (χ4n) is 1.26. The summed E-state index contributed by atoms with van der Waals surface area (Å²) in [5, 5.41) is 10.1. The van der Waals surface area contributed by atoms with Gasteiger partial charge >= 0.3 is 0 Å². The Morgan fingerprint density at radius 3 is 2.14 bits per heavy atom. The van der Waals surface area contributed by atoms with Crippen LogP contribution in [0.25, 0.3) is 0 Å². The molecule has 0 amide bonds. The van der Waals surface area contributed by atoms with Gasteiger partial charge in [-0.15, -0.1) is 0 Å². The molecule has 1 aromatic carbocycles. The standard InChI is InChI=1S/C12H18OS/c1-9-5-7-10(8-6-9)11(13)12(2,3)14-4/h5-8,11,13H,1-4H3. The van der Waals surface area contributed by atoms with Gasteiger partial charge < -0.3 is 5.11 Å². The van der Waals surface area contributed by atoms with Gasteiger partial charge in [-0.2, -0.15) is 11.8 Å². The number of rotatable bonds is 3. The Labute approximate surface area is 90.5 Å². The second-order valence-corrected chi connectivity index (χ2v) is 5.58. The summed E-state index contributed by atoms with van der Waals surface area (Å²) in [5.74, 6) is 0. The van der Waals surface area contributed by atoms with Gasteiger partial charge in [0.15, 0.2) is 0 Å². The van der Waals surface area contributed by atoms with E-state index in [1.165, 1.54) is 5.56 Å². The van der Waals surface area contributed by atoms with E-state index >= 15 is 0 Å². The van der Waals surface area contributed by atoms with E-state index < -0.39 is 6.10 Å². The number of thioether (sulfide) groups is 1. The fourth-order valence-corrected chi connectivity index (χ4v) is 1.62. The lowest BCUT2D eigenvalue weighted by molar-refractivity contribution is 0.144. The molecule has 0 aliphatic rings. The smallest absolute Gasteiger partial charge is 0.0931 e. The highest BCUT2D eigenvalue weighted by atomic mass is 32.2. The Hall–Kier alpha value is -0.470. The number of aliphatic hydroxyl groups is 1. The van der Waals surface area contributed by atoms with Crippen molar-refractivity contribution in [2.24, 2.45) is 0 Å². The quantitative estimate of drug-likeness (QED) is 0.827. The van der Waals surface area contributed by atoms with Crippen molar-refractivity contribution in [3.63, 3.8) is 0 Å². The Balaban J connectivity index is 2.89. The Bertz CT molecular complexity index is 290. The predicted molar refractivity (Wildman–Crippen MR) is 63.7 cm³/mol. The van der Waals surface area contributed by atoms with Gasteiger partial charge in [0.1, 0.15) is 0 Å². The van der Waals surface area contributed by atoms with Gasteiger partial charge in [-0.25, -0.2) is 0 Å². The molecule has 1 atom stereocenters. The van der Waals surface area contributed by atoms with Crippen molar-refractivity contribution in [2.45, 2.75) is 31.6 Å². The number of aryl methyl sites for hydroxylation is 1. The van der Waals surface area contributed by atoms with E-state index in [1.54, 1.807) is 11.8 Å². The second kappa shape index (κ2) is 4.37. The van der Waals surface area contributed by atoms with E-state index in [0.29, 0.717) is 0 Å². The first-order valence-corrected chi connectivity index (χ1v) is 5.99. The van der Waals surface area contributed by atoms with E-state index in [2.05, 4.69) is 20.8 Å². The molecule has 0 radical (unpaired) electrons. The third-order valence-electron chi connectivity index (χ3n) is 2.58. The molecule has 0 saturated heterocycles. The molecule has 0 aliphatic carbocycles. The summed E-state index contributed by atoms with van der Waals surface area (Å²) < 4.78 is -0.130. The second-order valence-electron chi connectivity index (χ2n) is 4.12. The molecule has 1 unspecified atom stereocenters. The largest absolute Gasteiger partial charge is 0.387 e. The first kappa shape index (κ1) is 11.6. The zero-order valence-corrected chi connectivity index (χ0v) is 10.1. The zero-order chi connectivity index (χ0) is 10.8. The van der Waals surface area contributed by atoms with Gasteiger partial charge in [0.25, 0.3) is 0 Å². The van der Waals surface area contributed by atoms with Crippen LogP contribution in [-0.2, 0) is 0 Å². The molecule has 1 rings (SSSR count). The Morgan fingerprint density at radius 2 is 1.71 bits per heavy atom. The monoisotopic (exact) mass is 210 g/mol. The highest BCUT2D eigenvalue weighted by molar-refractivity contribution is 7.99. The van der Waals surface area contributed by atoms with Gasteiger partial charge in [0, 0.05) is 4.75 Å². The summed E-state index contributed by atoms with van der Waals surface area (Å²) in [6, 6.07) is 8.07. The third-order valence-corrected chi connectivity index (χ3v) is 3.85. The minimum absolute atomic E-state index is 0.130. The molecule has 78 valence electrons. The van der Waals surface area contributed by atoms with Crippen LogP contribution in [-0.4, -0.2) is 16.1 Å². The molecule has 1 nitrogen and oxygen atoms in total. The average molecular weight is 210 g/mol. The van der Waals surface area contributed by atoms with Crippen LogP contribution in [0.1, 0.15) is 31.1 Å². The highest BCUT2D eigenvalue weighted by Crippen LogP contribution is 2.35. The van der Waals surface area contributed by atoms with Crippen LogP contribution in [0.2, 0.25) is 0 Å². The number of hydrogen-bond acceptors (Lipinski definition) is 2. The molecular formula is C12H18OS. The van der Waals surface area contributed by atoms with Crippen molar-refractivity contribution < 1.29 is 5.11 Å². The van der Waals surface area contributed by atoms with Crippen molar-refractivity contribution in [3.8, 4) is 0 Å². The summed E-state index contributed by atoms with van der Waals surface area (Å²) in [6.07, 6.45) is 1.62. The van der Waals surface area contributed by atoms with E-state index in [1.807, 2.05) is 30.5 Å². The van der Waals surface area contributed by atoms with Crippen molar-refractivity contribution in [1.29, 1.82) is 0 Å². The third kappa shape index (κ3) is 2.52. The zero-order valence-electron chi connectivity index (χ0n) is 9.24. The highest BCUT2D eigenvalue weighted by Gasteiger charge is 2.27. The first-order chi connectivity index (χ1) is 6.47. The molecule has 1 aromatic rings. The maximum Gasteiger partial charge on any atom is 0.0931 e. The van der Waals surface area contributed by atoms with Crippen molar-refractivity contribution in [2.75, 3.05) is 6.26 Å². The van der Waals surface area contributed by atoms with Crippen LogP contribution in [0.3, 0.4) is 0 Å². The Morgan fingerprint density at radius 1 is 1.21 bits per heavy atom. The minimum Gasteiger partial charge on any atom is -0.387 e. The molecule has 0 heterocycles. The Kier molecular flexibility index (Phi) is 3.62. The maximum atomic E-state index is 10.1. The predicted octanol–water partition coefficient (Wildman–Crippen LogP) is 3.17. The van der Waals surface area contributed by atoms with Gasteiger partial charge in [-0.1, -0.05) is 29.8 Å². The topological polar surface area (TPSA) is 20.2 Å². The van der Waals surface area contributed by atoms with Crippen LogP contribution < -0.4 is 0 Å². The average Bonchev–Trinajstić information content (AvgIpc) is 2.18.